The smallest absolute Gasteiger partial charge is 0.148 e. The molecule has 2 rings (SSSR count). The first-order valence-corrected chi connectivity index (χ1v) is 5.93. The summed E-state index contributed by atoms with van der Waals surface area (Å²) >= 11 is 0. The summed E-state index contributed by atoms with van der Waals surface area (Å²) < 4.78 is 0. The number of hydrogen-bond acceptors (Lipinski definition) is 4. The molecule has 4 heteroatoms. The molecule has 2 N–H and O–H groups in total. The highest BCUT2D eigenvalue weighted by atomic mass is 16.3. The first kappa shape index (κ1) is 12.9. The van der Waals surface area contributed by atoms with Crippen LogP contribution in [0.3, 0.4) is 0 Å². The molecule has 19 heavy (non-hydrogen) atoms. The van der Waals surface area contributed by atoms with Gasteiger partial charge >= 0.3 is 0 Å². The van der Waals surface area contributed by atoms with Gasteiger partial charge in [-0.15, -0.1) is 22.5 Å². The maximum atomic E-state index is 10.1. The van der Waals surface area contributed by atoms with E-state index in [4.69, 9.17) is 6.42 Å². The molecule has 4 nitrogen and oxygen atoms in total. The summed E-state index contributed by atoms with van der Waals surface area (Å²) in [4.78, 5) is 0. The number of aromatic nitrogens is 2. The lowest BCUT2D eigenvalue weighted by molar-refractivity contribution is 0.476. The van der Waals surface area contributed by atoms with E-state index in [0.717, 1.165) is 11.1 Å². The number of phenols is 1. The van der Waals surface area contributed by atoms with Crippen molar-refractivity contribution in [1.82, 2.24) is 10.2 Å². The monoisotopic (exact) mass is 253 g/mol. The van der Waals surface area contributed by atoms with Gasteiger partial charge in [0.2, 0.25) is 0 Å². The van der Waals surface area contributed by atoms with Gasteiger partial charge in [-0.25, -0.2) is 0 Å². The number of phenolic OH excluding ortho intramolecular Hbond substituents is 1. The molecule has 1 aromatic carbocycles. The normalized spacial score (nSPS) is 9.95. The lowest BCUT2D eigenvalue weighted by Crippen LogP contribution is -1.98. The minimum Gasteiger partial charge on any atom is -0.507 e. The SMILES string of the molecule is C#CCc1ccc(-c2nnc(NC)cc2C)c(O)c1. The highest BCUT2D eigenvalue weighted by molar-refractivity contribution is 5.70. The first-order valence-electron chi connectivity index (χ1n) is 5.93. The Hall–Kier alpha value is -2.54. The average molecular weight is 253 g/mol. The van der Waals surface area contributed by atoms with Crippen LogP contribution in [0.15, 0.2) is 24.3 Å². The predicted molar refractivity (Wildman–Crippen MR) is 76.0 cm³/mol. The third-order valence-electron chi connectivity index (χ3n) is 2.86. The molecule has 0 saturated carbocycles. The van der Waals surface area contributed by atoms with Crippen molar-refractivity contribution in [3.8, 4) is 29.4 Å². The fourth-order valence-electron chi connectivity index (χ4n) is 1.88. The quantitative estimate of drug-likeness (QED) is 0.824. The van der Waals surface area contributed by atoms with E-state index in [0.29, 0.717) is 23.5 Å². The summed E-state index contributed by atoms with van der Waals surface area (Å²) in [6.07, 6.45) is 5.75. The van der Waals surface area contributed by atoms with Gasteiger partial charge in [-0.3, -0.25) is 0 Å². The number of nitrogens with one attached hydrogen (secondary N) is 1. The average Bonchev–Trinajstić information content (AvgIpc) is 2.40. The van der Waals surface area contributed by atoms with Crippen LogP contribution >= 0.6 is 0 Å². The molecule has 0 unspecified atom stereocenters. The van der Waals surface area contributed by atoms with Crippen LogP contribution in [0.4, 0.5) is 5.82 Å². The van der Waals surface area contributed by atoms with Gasteiger partial charge < -0.3 is 10.4 Å². The van der Waals surface area contributed by atoms with Gasteiger partial charge in [0.15, 0.2) is 0 Å². The van der Waals surface area contributed by atoms with Crippen molar-refractivity contribution in [2.45, 2.75) is 13.3 Å². The predicted octanol–water partition coefficient (Wildman–Crippen LogP) is 2.38. The van der Waals surface area contributed by atoms with Crippen LogP contribution in [-0.4, -0.2) is 22.4 Å². The number of terminal acetylenes is 1. The van der Waals surface area contributed by atoms with Gasteiger partial charge in [-0.05, 0) is 36.2 Å². The lowest BCUT2D eigenvalue weighted by atomic mass is 10.0. The Kier molecular flexibility index (Phi) is 3.67. The number of hydrogen-bond donors (Lipinski definition) is 2. The summed E-state index contributed by atoms with van der Waals surface area (Å²) in [5.74, 6) is 3.42. The van der Waals surface area contributed by atoms with Gasteiger partial charge in [0.05, 0.1) is 5.69 Å². The summed E-state index contributed by atoms with van der Waals surface area (Å²) in [5, 5.41) is 21.2. The molecule has 1 heterocycles. The topological polar surface area (TPSA) is 58.0 Å². The second kappa shape index (κ2) is 5.40. The van der Waals surface area contributed by atoms with E-state index in [1.165, 1.54) is 0 Å². The van der Waals surface area contributed by atoms with Crippen LogP contribution in [0, 0.1) is 19.3 Å². The van der Waals surface area contributed by atoms with Crippen LogP contribution in [0.25, 0.3) is 11.3 Å². The number of aryl methyl sites for hydroxylation is 1. The van der Waals surface area contributed by atoms with E-state index < -0.39 is 0 Å². The third kappa shape index (κ3) is 2.66. The van der Waals surface area contributed by atoms with Crippen LogP contribution in [0.5, 0.6) is 5.75 Å². The van der Waals surface area contributed by atoms with E-state index in [-0.39, 0.29) is 5.75 Å². The van der Waals surface area contributed by atoms with Gasteiger partial charge in [0, 0.05) is 19.0 Å². The first-order chi connectivity index (χ1) is 9.15. The molecule has 0 aliphatic heterocycles. The van der Waals surface area contributed by atoms with Crippen molar-refractivity contribution in [3.05, 3.63) is 35.4 Å². The van der Waals surface area contributed by atoms with Crippen LogP contribution < -0.4 is 5.32 Å². The van der Waals surface area contributed by atoms with Crippen molar-refractivity contribution >= 4 is 5.82 Å². The van der Waals surface area contributed by atoms with Crippen molar-refractivity contribution < 1.29 is 5.11 Å². The molecule has 0 aliphatic carbocycles. The molecule has 0 saturated heterocycles. The standard InChI is InChI=1S/C15H15N3O/c1-4-5-11-6-7-12(13(19)9-11)15-10(2)8-14(16-3)17-18-15/h1,6-9,19H,5H2,2-3H3,(H,16,17). The molecule has 96 valence electrons. The molecule has 0 amide bonds. The Morgan fingerprint density at radius 1 is 1.32 bits per heavy atom. The maximum Gasteiger partial charge on any atom is 0.148 e. The Morgan fingerprint density at radius 3 is 2.68 bits per heavy atom. The lowest BCUT2D eigenvalue weighted by Gasteiger charge is -2.09. The van der Waals surface area contributed by atoms with Crippen molar-refractivity contribution in [2.75, 3.05) is 12.4 Å². The van der Waals surface area contributed by atoms with Gasteiger partial charge in [0.25, 0.3) is 0 Å². The van der Waals surface area contributed by atoms with Crippen molar-refractivity contribution in [1.29, 1.82) is 0 Å². The Balaban J connectivity index is 2.45. The molecule has 2 aromatic rings. The second-order valence-corrected chi connectivity index (χ2v) is 4.24. The number of rotatable bonds is 3. The summed E-state index contributed by atoms with van der Waals surface area (Å²) in [6.45, 7) is 1.93. The van der Waals surface area contributed by atoms with Gasteiger partial charge in [0.1, 0.15) is 11.6 Å². The molecule has 0 atom stereocenters. The molecule has 0 spiro atoms. The summed E-state index contributed by atoms with van der Waals surface area (Å²) in [6, 6.07) is 7.26. The second-order valence-electron chi connectivity index (χ2n) is 4.24. The van der Waals surface area contributed by atoms with E-state index in [2.05, 4.69) is 21.4 Å². The number of aromatic hydroxyl groups is 1. The zero-order valence-electron chi connectivity index (χ0n) is 10.9. The minimum atomic E-state index is 0.169. The highest BCUT2D eigenvalue weighted by Crippen LogP contribution is 2.31. The number of nitrogens with zero attached hydrogens (tertiary/aromatic N) is 2. The highest BCUT2D eigenvalue weighted by Gasteiger charge is 2.10. The molecule has 1 aromatic heterocycles. The zero-order chi connectivity index (χ0) is 13.8. The molecule has 0 aliphatic rings. The van der Waals surface area contributed by atoms with E-state index in [1.54, 1.807) is 13.1 Å². The van der Waals surface area contributed by atoms with Crippen LogP contribution in [0.2, 0.25) is 0 Å². The van der Waals surface area contributed by atoms with Gasteiger partial charge in [-0.1, -0.05) is 6.07 Å². The van der Waals surface area contributed by atoms with Gasteiger partial charge in [-0.2, -0.15) is 0 Å². The van der Waals surface area contributed by atoms with Crippen LogP contribution in [-0.2, 0) is 6.42 Å². The minimum absolute atomic E-state index is 0.169. The van der Waals surface area contributed by atoms with E-state index in [9.17, 15) is 5.11 Å². The summed E-state index contributed by atoms with van der Waals surface area (Å²) in [7, 11) is 1.79. The summed E-state index contributed by atoms with van der Waals surface area (Å²) in [5.41, 5.74) is 3.18. The van der Waals surface area contributed by atoms with Crippen molar-refractivity contribution in [2.24, 2.45) is 0 Å². The van der Waals surface area contributed by atoms with E-state index in [1.807, 2.05) is 25.1 Å². The third-order valence-corrected chi connectivity index (χ3v) is 2.86. The van der Waals surface area contributed by atoms with Crippen molar-refractivity contribution in [3.63, 3.8) is 0 Å². The number of benzene rings is 1. The molecular weight excluding hydrogens is 238 g/mol. The Labute approximate surface area is 112 Å². The Morgan fingerprint density at radius 2 is 2.11 bits per heavy atom. The number of anilines is 1. The maximum absolute atomic E-state index is 10.1. The van der Waals surface area contributed by atoms with E-state index >= 15 is 0 Å². The molecule has 0 radical (unpaired) electrons. The fourth-order valence-corrected chi connectivity index (χ4v) is 1.88. The fraction of sp³-hybridized carbons (Fsp3) is 0.200. The molecule has 0 bridgehead atoms. The largest absolute Gasteiger partial charge is 0.507 e. The Bertz CT molecular complexity index is 644. The molecular formula is C15H15N3O. The molecule has 0 fully saturated rings. The van der Waals surface area contributed by atoms with Crippen LogP contribution in [0.1, 0.15) is 11.1 Å². The zero-order valence-corrected chi connectivity index (χ0v) is 10.9.